The third-order valence-electron chi connectivity index (χ3n) is 4.50. The highest BCUT2D eigenvalue weighted by atomic mass is 16.3. The van der Waals surface area contributed by atoms with Crippen molar-refractivity contribution in [3.8, 4) is 5.75 Å². The third-order valence-corrected chi connectivity index (χ3v) is 4.50. The summed E-state index contributed by atoms with van der Waals surface area (Å²) in [4.78, 5) is 8.34. The normalized spacial score (nSPS) is 16.8. The lowest BCUT2D eigenvalue weighted by Gasteiger charge is -2.29. The van der Waals surface area contributed by atoms with Crippen molar-refractivity contribution in [1.29, 1.82) is 0 Å². The minimum Gasteiger partial charge on any atom is -0.505 e. The molecule has 0 aromatic heterocycles. The van der Waals surface area contributed by atoms with Gasteiger partial charge >= 0.3 is 0 Å². The Kier molecular flexibility index (Phi) is 5.13. The number of nitrogens with zero attached hydrogens (tertiary/aromatic N) is 4. The zero-order chi connectivity index (χ0) is 19.9. The van der Waals surface area contributed by atoms with Crippen LogP contribution < -0.4 is 5.01 Å². The second-order valence-electron chi connectivity index (χ2n) is 8.78. The van der Waals surface area contributed by atoms with E-state index in [2.05, 4.69) is 69.3 Å². The van der Waals surface area contributed by atoms with Crippen LogP contribution in [-0.2, 0) is 10.8 Å². The average molecular weight is 354 g/mol. The molecule has 0 unspecified atom stereocenters. The summed E-state index contributed by atoms with van der Waals surface area (Å²) in [7, 11) is 1.81. The van der Waals surface area contributed by atoms with Gasteiger partial charge in [0.1, 0.15) is 17.8 Å². The first-order valence-corrected chi connectivity index (χ1v) is 8.79. The van der Waals surface area contributed by atoms with E-state index in [4.69, 9.17) is 0 Å². The molecule has 0 spiro atoms. The van der Waals surface area contributed by atoms with Gasteiger partial charge in [0, 0.05) is 23.9 Å². The van der Waals surface area contributed by atoms with E-state index in [0.29, 0.717) is 17.1 Å². The standard InChI is InChI=1S/C21H30N4O/c1-13-14(2)22-12-23-19(13)24-25(9)17-11-15(20(3,4)5)10-16(18(17)26)21(6,7)8/h10-12,26H,1H2,2-9H3/b24-19+. The van der Waals surface area contributed by atoms with Gasteiger partial charge in [-0.15, -0.1) is 0 Å². The van der Waals surface area contributed by atoms with Crippen molar-refractivity contribution in [3.05, 3.63) is 35.4 Å². The number of anilines is 1. The van der Waals surface area contributed by atoms with Gasteiger partial charge in [0.25, 0.3) is 0 Å². The summed E-state index contributed by atoms with van der Waals surface area (Å²) in [5.41, 5.74) is 3.92. The summed E-state index contributed by atoms with van der Waals surface area (Å²) in [6.45, 7) is 18.6. The Morgan fingerprint density at radius 2 is 1.69 bits per heavy atom. The van der Waals surface area contributed by atoms with E-state index in [1.54, 1.807) is 5.01 Å². The maximum Gasteiger partial charge on any atom is 0.182 e. The fourth-order valence-electron chi connectivity index (χ4n) is 2.64. The van der Waals surface area contributed by atoms with Crippen LogP contribution in [0, 0.1) is 0 Å². The summed E-state index contributed by atoms with van der Waals surface area (Å²) in [5, 5.41) is 17.2. The maximum absolute atomic E-state index is 10.9. The Balaban J connectivity index is 2.60. The molecule has 1 aliphatic heterocycles. The Morgan fingerprint density at radius 3 is 2.23 bits per heavy atom. The van der Waals surface area contributed by atoms with Crippen LogP contribution in [0.25, 0.3) is 0 Å². The monoisotopic (exact) mass is 354 g/mol. The number of phenolic OH excluding ortho intramolecular Hbond substituents is 1. The van der Waals surface area contributed by atoms with Crippen LogP contribution >= 0.6 is 0 Å². The lowest BCUT2D eigenvalue weighted by molar-refractivity contribution is 0.444. The molecule has 0 atom stereocenters. The molecule has 0 radical (unpaired) electrons. The summed E-state index contributed by atoms with van der Waals surface area (Å²) >= 11 is 0. The van der Waals surface area contributed by atoms with Crippen LogP contribution in [0.15, 0.2) is 39.4 Å². The van der Waals surface area contributed by atoms with E-state index >= 15 is 0 Å². The van der Waals surface area contributed by atoms with E-state index in [1.165, 1.54) is 6.34 Å². The van der Waals surface area contributed by atoms with Crippen molar-refractivity contribution >= 4 is 23.6 Å². The topological polar surface area (TPSA) is 60.5 Å². The molecule has 1 aromatic rings. The summed E-state index contributed by atoms with van der Waals surface area (Å²) < 4.78 is 0. The van der Waals surface area contributed by atoms with Crippen molar-refractivity contribution in [1.82, 2.24) is 0 Å². The number of amidine groups is 1. The first kappa shape index (κ1) is 19.9. The van der Waals surface area contributed by atoms with Gasteiger partial charge in [-0.3, -0.25) is 5.01 Å². The highest BCUT2D eigenvalue weighted by Gasteiger charge is 2.26. The van der Waals surface area contributed by atoms with E-state index in [1.807, 2.05) is 20.0 Å². The molecule has 2 rings (SSSR count). The highest BCUT2D eigenvalue weighted by molar-refractivity contribution is 6.27. The molecule has 0 saturated carbocycles. The lowest BCUT2D eigenvalue weighted by Crippen LogP contribution is -2.21. The van der Waals surface area contributed by atoms with Crippen molar-refractivity contribution in [3.63, 3.8) is 0 Å². The second-order valence-corrected chi connectivity index (χ2v) is 8.78. The van der Waals surface area contributed by atoms with Gasteiger partial charge in [-0.25, -0.2) is 9.98 Å². The number of rotatable bonds is 2. The highest BCUT2D eigenvalue weighted by Crippen LogP contribution is 2.41. The molecule has 1 aromatic carbocycles. The molecule has 0 fully saturated rings. The second kappa shape index (κ2) is 6.71. The van der Waals surface area contributed by atoms with Gasteiger partial charge in [0.15, 0.2) is 5.84 Å². The van der Waals surface area contributed by atoms with Gasteiger partial charge in [0.05, 0.1) is 0 Å². The predicted molar refractivity (Wildman–Crippen MR) is 112 cm³/mol. The first-order valence-electron chi connectivity index (χ1n) is 8.79. The first-order chi connectivity index (χ1) is 11.8. The Labute approximate surface area is 156 Å². The lowest BCUT2D eigenvalue weighted by atomic mass is 9.79. The molecule has 26 heavy (non-hydrogen) atoms. The molecule has 1 aliphatic rings. The van der Waals surface area contributed by atoms with E-state index in [0.717, 1.165) is 16.8 Å². The van der Waals surface area contributed by atoms with Crippen molar-refractivity contribution in [2.75, 3.05) is 12.1 Å². The number of hydrogen-bond donors (Lipinski definition) is 1. The van der Waals surface area contributed by atoms with Crippen LogP contribution in [0.1, 0.15) is 59.6 Å². The zero-order valence-corrected chi connectivity index (χ0v) is 17.2. The molecular formula is C21H30N4O. The number of aromatic hydroxyl groups is 1. The van der Waals surface area contributed by atoms with Crippen molar-refractivity contribution in [2.45, 2.75) is 59.3 Å². The average Bonchev–Trinajstić information content (AvgIpc) is 2.49. The van der Waals surface area contributed by atoms with E-state index in [-0.39, 0.29) is 16.6 Å². The Hall–Kier alpha value is -2.43. The van der Waals surface area contributed by atoms with Crippen LogP contribution in [0.4, 0.5) is 5.69 Å². The fraction of sp³-hybridized carbons (Fsp3) is 0.476. The summed E-state index contributed by atoms with van der Waals surface area (Å²) in [5.74, 6) is 0.742. The van der Waals surface area contributed by atoms with E-state index in [9.17, 15) is 5.11 Å². The summed E-state index contributed by atoms with van der Waals surface area (Å²) in [6.07, 6.45) is 1.47. The molecule has 5 heteroatoms. The maximum atomic E-state index is 10.9. The number of benzene rings is 1. The van der Waals surface area contributed by atoms with Crippen LogP contribution in [0.2, 0.25) is 0 Å². The quantitative estimate of drug-likeness (QED) is 0.776. The van der Waals surface area contributed by atoms with Gasteiger partial charge in [-0.2, -0.15) is 5.10 Å². The predicted octanol–water partition coefficient (Wildman–Crippen LogP) is 4.80. The molecule has 1 N–H and O–H groups in total. The van der Waals surface area contributed by atoms with Crippen LogP contribution in [0.3, 0.4) is 0 Å². The smallest absolute Gasteiger partial charge is 0.182 e. The zero-order valence-electron chi connectivity index (χ0n) is 17.2. The number of hydrogen-bond acceptors (Lipinski definition) is 4. The van der Waals surface area contributed by atoms with Gasteiger partial charge < -0.3 is 5.11 Å². The number of phenols is 1. The summed E-state index contributed by atoms with van der Waals surface area (Å²) in [6, 6.07) is 4.08. The third kappa shape index (κ3) is 4.03. The van der Waals surface area contributed by atoms with Gasteiger partial charge in [-0.1, -0.05) is 54.2 Å². The minimum absolute atomic E-state index is 0.0493. The van der Waals surface area contributed by atoms with Crippen LogP contribution in [0.5, 0.6) is 5.75 Å². The van der Waals surface area contributed by atoms with Gasteiger partial charge in [0.2, 0.25) is 0 Å². The molecule has 0 bridgehead atoms. The molecular weight excluding hydrogens is 324 g/mol. The fourth-order valence-corrected chi connectivity index (χ4v) is 2.64. The molecule has 0 amide bonds. The Morgan fingerprint density at radius 1 is 1.08 bits per heavy atom. The molecule has 1 heterocycles. The Bertz CT molecular complexity index is 818. The molecule has 5 nitrogen and oxygen atoms in total. The molecule has 0 aliphatic carbocycles. The van der Waals surface area contributed by atoms with Crippen LogP contribution in [-0.4, -0.2) is 30.0 Å². The number of hydrazone groups is 1. The van der Waals surface area contributed by atoms with Gasteiger partial charge in [-0.05, 0) is 29.4 Å². The molecule has 140 valence electrons. The largest absolute Gasteiger partial charge is 0.505 e. The minimum atomic E-state index is -0.191. The SMILES string of the molecule is C=C1C(C)=NC=N/C1=N/N(C)c1cc(C(C)(C)C)cc(C(C)(C)C)c1O. The van der Waals surface area contributed by atoms with E-state index < -0.39 is 0 Å². The van der Waals surface area contributed by atoms with Crippen molar-refractivity contribution < 1.29 is 5.11 Å². The molecule has 0 saturated heterocycles. The van der Waals surface area contributed by atoms with Crippen molar-refractivity contribution in [2.24, 2.45) is 15.1 Å². The number of aliphatic imine (C=N–C) groups is 2.